The Morgan fingerprint density at radius 1 is 1.19 bits per heavy atom. The van der Waals surface area contributed by atoms with E-state index < -0.39 is 20.1 Å². The van der Waals surface area contributed by atoms with Crippen molar-refractivity contribution in [3.63, 3.8) is 0 Å². The molecule has 4 rings (SSSR count). The fourth-order valence-corrected chi connectivity index (χ4v) is 7.39. The Balaban J connectivity index is 1.41. The summed E-state index contributed by atoms with van der Waals surface area (Å²) in [6, 6.07) is 6.50. The molecule has 0 bridgehead atoms. The summed E-state index contributed by atoms with van der Waals surface area (Å²) in [4.78, 5) is 6.09. The molecule has 0 spiro atoms. The molecule has 1 aromatic heterocycles. The number of nitrogens with zero attached hydrogens (tertiary/aromatic N) is 3. The zero-order valence-electron chi connectivity index (χ0n) is 18.1. The molecule has 0 radical (unpaired) electrons. The van der Waals surface area contributed by atoms with Crippen molar-refractivity contribution < 1.29 is 8.42 Å². The SMILES string of the molecule is Cc1ccc(C)c(Cc2csc(N3CCN(S(=O)(=O)C4C=CC=CC4(C)Cl)CC3)n2)c1. The summed E-state index contributed by atoms with van der Waals surface area (Å²) >= 11 is 8.12. The lowest BCUT2D eigenvalue weighted by molar-refractivity contribution is 0.379. The molecule has 2 atom stereocenters. The number of piperazine rings is 1. The lowest BCUT2D eigenvalue weighted by atomic mass is 10.0. The van der Waals surface area contributed by atoms with Gasteiger partial charge in [-0.05, 0) is 31.9 Å². The number of benzene rings is 1. The largest absolute Gasteiger partial charge is 0.345 e. The standard InChI is InChI=1S/C23H28ClN3O2S2/c1-17-7-8-18(2)19(14-17)15-20-16-30-22(25-20)26-10-12-27(13-11-26)31(28,29)21-6-4-5-9-23(21,3)24/h4-9,14,16,21H,10-13,15H2,1-3H3. The summed E-state index contributed by atoms with van der Waals surface area (Å²) in [6.07, 6.45) is 7.81. The quantitative estimate of drug-likeness (QED) is 0.602. The average Bonchev–Trinajstić information content (AvgIpc) is 3.19. The molecule has 5 nitrogen and oxygen atoms in total. The van der Waals surface area contributed by atoms with Crippen molar-refractivity contribution in [2.45, 2.75) is 37.3 Å². The first-order valence-electron chi connectivity index (χ1n) is 10.5. The van der Waals surface area contributed by atoms with E-state index in [2.05, 4.69) is 42.3 Å². The van der Waals surface area contributed by atoms with Crippen molar-refractivity contribution in [2.75, 3.05) is 31.1 Å². The van der Waals surface area contributed by atoms with Crippen molar-refractivity contribution in [1.29, 1.82) is 0 Å². The van der Waals surface area contributed by atoms with Gasteiger partial charge < -0.3 is 4.90 Å². The Kier molecular flexibility index (Phi) is 6.32. The van der Waals surface area contributed by atoms with Crippen molar-refractivity contribution in [3.05, 3.63) is 70.3 Å². The summed E-state index contributed by atoms with van der Waals surface area (Å²) in [5.41, 5.74) is 4.88. The number of halogens is 1. The Morgan fingerprint density at radius 3 is 2.65 bits per heavy atom. The molecule has 2 aliphatic rings. The van der Waals surface area contributed by atoms with Crippen molar-refractivity contribution >= 4 is 38.1 Å². The lowest BCUT2D eigenvalue weighted by Crippen LogP contribution is -2.54. The number of aryl methyl sites for hydroxylation is 2. The smallest absolute Gasteiger partial charge is 0.222 e. The van der Waals surface area contributed by atoms with Crippen molar-refractivity contribution in [1.82, 2.24) is 9.29 Å². The third kappa shape index (κ3) is 4.75. The van der Waals surface area contributed by atoms with E-state index >= 15 is 0 Å². The van der Waals surface area contributed by atoms with Gasteiger partial charge in [-0.1, -0.05) is 48.1 Å². The van der Waals surface area contributed by atoms with Gasteiger partial charge in [-0.25, -0.2) is 13.4 Å². The predicted molar refractivity (Wildman–Crippen MR) is 130 cm³/mol. The summed E-state index contributed by atoms with van der Waals surface area (Å²) < 4.78 is 28.0. The maximum Gasteiger partial charge on any atom is 0.222 e. The van der Waals surface area contributed by atoms with Crippen LogP contribution in [0.15, 0.2) is 47.9 Å². The summed E-state index contributed by atoms with van der Waals surface area (Å²) in [5.74, 6) is 0. The van der Waals surface area contributed by atoms with E-state index in [4.69, 9.17) is 16.6 Å². The van der Waals surface area contributed by atoms with Crippen LogP contribution in [0, 0.1) is 13.8 Å². The van der Waals surface area contributed by atoms with Crippen LogP contribution < -0.4 is 4.90 Å². The Labute approximate surface area is 194 Å². The van der Waals surface area contributed by atoms with Gasteiger partial charge in [0.25, 0.3) is 0 Å². The Hall–Kier alpha value is -1.67. The topological polar surface area (TPSA) is 53.5 Å². The molecule has 2 heterocycles. The predicted octanol–water partition coefficient (Wildman–Crippen LogP) is 4.29. The van der Waals surface area contributed by atoms with E-state index in [0.717, 1.165) is 17.2 Å². The minimum atomic E-state index is -3.52. The molecule has 31 heavy (non-hydrogen) atoms. The van der Waals surface area contributed by atoms with Crippen LogP contribution in [0.4, 0.5) is 5.13 Å². The van der Waals surface area contributed by atoms with Crippen LogP contribution in [0.2, 0.25) is 0 Å². The summed E-state index contributed by atoms with van der Waals surface area (Å²) in [7, 11) is -3.52. The van der Waals surface area contributed by atoms with Gasteiger partial charge >= 0.3 is 0 Å². The number of anilines is 1. The van der Waals surface area contributed by atoms with E-state index in [0.29, 0.717) is 26.2 Å². The summed E-state index contributed by atoms with van der Waals surface area (Å²) in [5, 5.41) is 2.32. The third-order valence-electron chi connectivity index (χ3n) is 5.98. The highest BCUT2D eigenvalue weighted by molar-refractivity contribution is 7.90. The van der Waals surface area contributed by atoms with Crippen LogP contribution in [0.3, 0.4) is 0 Å². The minimum absolute atomic E-state index is 0.440. The number of aromatic nitrogens is 1. The second kappa shape index (κ2) is 8.70. The number of sulfonamides is 1. The lowest BCUT2D eigenvalue weighted by Gasteiger charge is -2.38. The zero-order valence-corrected chi connectivity index (χ0v) is 20.5. The van der Waals surface area contributed by atoms with E-state index in [-0.39, 0.29) is 0 Å². The molecule has 166 valence electrons. The summed E-state index contributed by atoms with van der Waals surface area (Å²) in [6.45, 7) is 8.12. The molecular formula is C23H28ClN3O2S2. The molecule has 1 aromatic carbocycles. The van der Waals surface area contributed by atoms with Gasteiger partial charge in [-0.3, -0.25) is 0 Å². The number of thiazole rings is 1. The highest BCUT2D eigenvalue weighted by atomic mass is 35.5. The maximum atomic E-state index is 13.2. The highest BCUT2D eigenvalue weighted by Gasteiger charge is 2.43. The monoisotopic (exact) mass is 477 g/mol. The van der Waals surface area contributed by atoms with E-state index in [1.165, 1.54) is 16.7 Å². The van der Waals surface area contributed by atoms with Gasteiger partial charge in [0.15, 0.2) is 5.13 Å². The van der Waals surface area contributed by atoms with Gasteiger partial charge in [-0.15, -0.1) is 22.9 Å². The van der Waals surface area contributed by atoms with Gasteiger partial charge in [0.2, 0.25) is 10.0 Å². The van der Waals surface area contributed by atoms with Crippen molar-refractivity contribution in [2.24, 2.45) is 0 Å². The maximum absolute atomic E-state index is 13.2. The second-order valence-electron chi connectivity index (χ2n) is 8.48. The van der Waals surface area contributed by atoms with E-state index in [1.54, 1.807) is 46.9 Å². The number of hydrogen-bond donors (Lipinski definition) is 0. The van der Waals surface area contributed by atoms with Gasteiger partial charge in [-0.2, -0.15) is 4.31 Å². The van der Waals surface area contributed by atoms with Crippen LogP contribution >= 0.6 is 22.9 Å². The molecule has 0 N–H and O–H groups in total. The Bertz CT molecular complexity index is 1110. The number of allylic oxidation sites excluding steroid dienone is 3. The first-order chi connectivity index (χ1) is 14.7. The molecule has 0 saturated carbocycles. The molecule has 8 heteroatoms. The highest BCUT2D eigenvalue weighted by Crippen LogP contribution is 2.33. The van der Waals surface area contributed by atoms with Crippen LogP contribution in [0.5, 0.6) is 0 Å². The first kappa shape index (κ1) is 22.5. The van der Waals surface area contributed by atoms with Gasteiger partial charge in [0, 0.05) is 38.0 Å². The Morgan fingerprint density at radius 2 is 1.94 bits per heavy atom. The van der Waals surface area contributed by atoms with Gasteiger partial charge in [0.1, 0.15) is 5.25 Å². The molecule has 1 aliphatic heterocycles. The average molecular weight is 478 g/mol. The molecule has 0 amide bonds. The molecular weight excluding hydrogens is 450 g/mol. The number of alkyl halides is 1. The first-order valence-corrected chi connectivity index (χ1v) is 13.2. The van der Waals surface area contributed by atoms with Crippen LogP contribution in [-0.4, -0.2) is 54.0 Å². The van der Waals surface area contributed by atoms with Crippen molar-refractivity contribution in [3.8, 4) is 0 Å². The fraction of sp³-hybridized carbons (Fsp3) is 0.435. The number of hydrogen-bond acceptors (Lipinski definition) is 5. The molecule has 2 unspecified atom stereocenters. The third-order valence-corrected chi connectivity index (χ3v) is 9.80. The second-order valence-corrected chi connectivity index (χ2v) is 12.2. The van der Waals surface area contributed by atoms with Crippen LogP contribution in [0.25, 0.3) is 0 Å². The zero-order chi connectivity index (χ0) is 22.2. The van der Waals surface area contributed by atoms with E-state index in [9.17, 15) is 8.42 Å². The fourth-order valence-electron chi connectivity index (χ4n) is 4.09. The number of rotatable bonds is 5. The molecule has 1 saturated heterocycles. The van der Waals surface area contributed by atoms with E-state index in [1.807, 2.05) is 0 Å². The van der Waals surface area contributed by atoms with Crippen LogP contribution in [0.1, 0.15) is 29.3 Å². The molecule has 2 aromatic rings. The normalized spacial score (nSPS) is 24.6. The molecule has 1 fully saturated rings. The van der Waals surface area contributed by atoms with Gasteiger partial charge in [0.05, 0.1) is 10.6 Å². The molecule has 1 aliphatic carbocycles. The van der Waals surface area contributed by atoms with Crippen LogP contribution in [-0.2, 0) is 16.4 Å². The minimum Gasteiger partial charge on any atom is -0.345 e.